The minimum atomic E-state index is -0.682. The van der Waals surface area contributed by atoms with Gasteiger partial charge in [-0.3, -0.25) is 4.79 Å². The third-order valence-corrected chi connectivity index (χ3v) is 3.32. The molecule has 0 aliphatic carbocycles. The van der Waals surface area contributed by atoms with Crippen molar-refractivity contribution in [2.75, 3.05) is 12.4 Å². The molecule has 2 aromatic rings. The van der Waals surface area contributed by atoms with Gasteiger partial charge in [-0.15, -0.1) is 0 Å². The van der Waals surface area contributed by atoms with Crippen LogP contribution in [0.4, 0.5) is 5.69 Å². The molecule has 0 radical (unpaired) electrons. The second-order valence-corrected chi connectivity index (χ2v) is 5.40. The smallest absolute Gasteiger partial charge is 0.357 e. The molecule has 0 heterocycles. The largest absolute Gasteiger partial charge is 0.497 e. The highest BCUT2D eigenvalue weighted by atomic mass is 16.7. The van der Waals surface area contributed by atoms with Crippen molar-refractivity contribution < 1.29 is 19.2 Å². The van der Waals surface area contributed by atoms with Gasteiger partial charge < -0.3 is 14.9 Å². The zero-order valence-electron chi connectivity index (χ0n) is 14.3. The molecule has 0 atom stereocenters. The molecule has 0 spiro atoms. The van der Waals surface area contributed by atoms with Crippen LogP contribution in [0.1, 0.15) is 22.8 Å². The lowest BCUT2D eigenvalue weighted by atomic mass is 10.1. The van der Waals surface area contributed by atoms with E-state index in [4.69, 9.17) is 9.57 Å². The summed E-state index contributed by atoms with van der Waals surface area (Å²) in [4.78, 5) is 28.4. The first-order valence-corrected chi connectivity index (χ1v) is 7.65. The first-order valence-electron chi connectivity index (χ1n) is 7.65. The Hall–Kier alpha value is -3.28. The Morgan fingerprint density at radius 2 is 1.64 bits per heavy atom. The molecule has 2 rings (SSSR count). The molecule has 2 N–H and O–H groups in total. The topological polar surface area (TPSA) is 76.7 Å². The Labute approximate surface area is 146 Å². The van der Waals surface area contributed by atoms with E-state index in [1.165, 1.54) is 6.08 Å². The molecule has 0 fully saturated rings. The fourth-order valence-corrected chi connectivity index (χ4v) is 2.00. The van der Waals surface area contributed by atoms with Gasteiger partial charge in [0, 0.05) is 23.0 Å². The molecule has 0 aliphatic rings. The molecule has 0 saturated carbocycles. The van der Waals surface area contributed by atoms with E-state index in [2.05, 4.69) is 10.8 Å². The summed E-state index contributed by atoms with van der Waals surface area (Å²) < 4.78 is 5.08. The van der Waals surface area contributed by atoms with E-state index in [1.54, 1.807) is 50.4 Å². The van der Waals surface area contributed by atoms with Crippen LogP contribution in [-0.2, 0) is 9.63 Å². The highest BCUT2D eigenvalue weighted by Gasteiger charge is 2.08. The molecule has 2 aromatic carbocycles. The van der Waals surface area contributed by atoms with Gasteiger partial charge in [0.25, 0.3) is 5.91 Å². The first kappa shape index (κ1) is 18.1. The van der Waals surface area contributed by atoms with Crippen LogP contribution >= 0.6 is 0 Å². The molecule has 0 aromatic heterocycles. The van der Waals surface area contributed by atoms with Gasteiger partial charge in [0.1, 0.15) is 5.75 Å². The van der Waals surface area contributed by atoms with Crippen LogP contribution in [0.2, 0.25) is 0 Å². The third-order valence-electron chi connectivity index (χ3n) is 3.32. The lowest BCUT2D eigenvalue weighted by Crippen LogP contribution is -2.26. The number of amides is 1. The number of hydroxylamine groups is 1. The van der Waals surface area contributed by atoms with Gasteiger partial charge >= 0.3 is 5.97 Å². The number of ether oxygens (including phenoxy) is 1. The van der Waals surface area contributed by atoms with E-state index >= 15 is 0 Å². The lowest BCUT2D eigenvalue weighted by molar-refractivity contribution is -0.142. The third kappa shape index (κ3) is 5.69. The average Bonchev–Trinajstić information content (AvgIpc) is 2.61. The summed E-state index contributed by atoms with van der Waals surface area (Å²) in [6, 6.07) is 14.2. The van der Waals surface area contributed by atoms with Gasteiger partial charge in [-0.05, 0) is 50.2 Å². The summed E-state index contributed by atoms with van der Waals surface area (Å²) in [6.45, 7) is 3.64. The predicted molar refractivity (Wildman–Crippen MR) is 95.1 cm³/mol. The van der Waals surface area contributed by atoms with E-state index in [-0.39, 0.29) is 0 Å². The average molecular weight is 340 g/mol. The zero-order valence-corrected chi connectivity index (χ0v) is 14.3. The number of nitrogens with one attached hydrogen (secondary N) is 2. The van der Waals surface area contributed by atoms with Crippen molar-refractivity contribution in [1.82, 2.24) is 5.48 Å². The fourth-order valence-electron chi connectivity index (χ4n) is 2.00. The van der Waals surface area contributed by atoms with E-state index in [1.807, 2.05) is 19.1 Å². The summed E-state index contributed by atoms with van der Waals surface area (Å²) in [5.74, 6) is -0.424. The number of hydrogen-bond acceptors (Lipinski definition) is 5. The molecule has 0 aliphatic heterocycles. The van der Waals surface area contributed by atoms with E-state index in [0.717, 1.165) is 17.0 Å². The van der Waals surface area contributed by atoms with Crippen LogP contribution in [-0.4, -0.2) is 19.0 Å². The Bertz CT molecular complexity index is 765. The van der Waals surface area contributed by atoms with Crippen molar-refractivity contribution in [1.29, 1.82) is 0 Å². The molecule has 25 heavy (non-hydrogen) atoms. The molecule has 0 saturated heterocycles. The number of benzene rings is 2. The fraction of sp³-hybridized carbons (Fsp3) is 0.158. The number of carbonyl (C=O) groups excluding carboxylic acids is 2. The maximum Gasteiger partial charge on any atom is 0.357 e. The molecule has 6 nitrogen and oxygen atoms in total. The number of methoxy groups -OCH3 is 1. The number of allylic oxidation sites excluding steroid dienone is 1. The van der Waals surface area contributed by atoms with Crippen LogP contribution in [0.5, 0.6) is 5.75 Å². The molecular formula is C19H20N2O4. The molecule has 6 heteroatoms. The minimum absolute atomic E-state index is 0.412. The summed E-state index contributed by atoms with van der Waals surface area (Å²) >= 11 is 0. The second-order valence-electron chi connectivity index (χ2n) is 5.40. The minimum Gasteiger partial charge on any atom is -0.497 e. The summed E-state index contributed by atoms with van der Waals surface area (Å²) in [5.41, 5.74) is 4.94. The quantitative estimate of drug-likeness (QED) is 0.646. The van der Waals surface area contributed by atoms with Crippen LogP contribution in [0.25, 0.3) is 0 Å². The molecule has 0 unspecified atom stereocenters. The van der Waals surface area contributed by atoms with Crippen molar-refractivity contribution in [3.05, 3.63) is 71.4 Å². The van der Waals surface area contributed by atoms with Crippen molar-refractivity contribution in [2.45, 2.75) is 13.8 Å². The number of hydrogen-bond donors (Lipinski definition) is 2. The monoisotopic (exact) mass is 340 g/mol. The Balaban J connectivity index is 1.85. The maximum absolute atomic E-state index is 11.9. The van der Waals surface area contributed by atoms with Crippen molar-refractivity contribution in [3.8, 4) is 5.75 Å². The highest BCUT2D eigenvalue weighted by molar-refractivity contribution is 5.94. The van der Waals surface area contributed by atoms with E-state index < -0.39 is 11.9 Å². The maximum atomic E-state index is 11.9. The van der Waals surface area contributed by atoms with Gasteiger partial charge in [-0.1, -0.05) is 17.7 Å². The van der Waals surface area contributed by atoms with Crippen LogP contribution in [0, 0.1) is 6.92 Å². The Morgan fingerprint density at radius 1 is 1.00 bits per heavy atom. The Morgan fingerprint density at radius 3 is 2.24 bits per heavy atom. The Kier molecular flexibility index (Phi) is 6.17. The van der Waals surface area contributed by atoms with Crippen molar-refractivity contribution >= 4 is 17.6 Å². The van der Waals surface area contributed by atoms with Gasteiger partial charge in [0.15, 0.2) is 0 Å². The highest BCUT2D eigenvalue weighted by Crippen LogP contribution is 2.16. The van der Waals surface area contributed by atoms with Crippen molar-refractivity contribution in [2.24, 2.45) is 0 Å². The molecule has 130 valence electrons. The van der Waals surface area contributed by atoms with Crippen LogP contribution < -0.4 is 15.5 Å². The van der Waals surface area contributed by atoms with Gasteiger partial charge in [0.05, 0.1) is 7.11 Å². The summed E-state index contributed by atoms with van der Waals surface area (Å²) in [6.07, 6.45) is 1.25. The SMILES string of the molecule is COc1ccc(NC(C)=CC(=O)ONC(=O)c2ccc(C)cc2)cc1. The lowest BCUT2D eigenvalue weighted by Gasteiger charge is -2.08. The van der Waals surface area contributed by atoms with E-state index in [9.17, 15) is 9.59 Å². The van der Waals surface area contributed by atoms with E-state index in [0.29, 0.717) is 11.3 Å². The molecular weight excluding hydrogens is 320 g/mol. The number of aryl methyl sites for hydroxylation is 1. The number of carbonyl (C=O) groups is 2. The summed E-state index contributed by atoms with van der Waals surface area (Å²) in [5, 5.41) is 3.04. The molecule has 0 bridgehead atoms. The van der Waals surface area contributed by atoms with Gasteiger partial charge in [-0.25, -0.2) is 4.79 Å². The predicted octanol–water partition coefficient (Wildman–Crippen LogP) is 3.21. The van der Waals surface area contributed by atoms with Crippen molar-refractivity contribution in [3.63, 3.8) is 0 Å². The molecule has 1 amide bonds. The number of rotatable bonds is 5. The van der Waals surface area contributed by atoms with Gasteiger partial charge in [0.2, 0.25) is 0 Å². The van der Waals surface area contributed by atoms with Gasteiger partial charge in [-0.2, -0.15) is 5.48 Å². The zero-order chi connectivity index (χ0) is 18.2. The van der Waals surface area contributed by atoms with Crippen LogP contribution in [0.3, 0.4) is 0 Å². The summed E-state index contributed by atoms with van der Waals surface area (Å²) in [7, 11) is 1.59. The standard InChI is InChI=1S/C19H20N2O4/c1-13-4-6-15(7-5-13)19(23)21-25-18(22)12-14(2)20-16-8-10-17(24-3)11-9-16/h4-12,20H,1-3H3,(H,21,23). The number of anilines is 1. The second kappa shape index (κ2) is 8.54. The van der Waals surface area contributed by atoms with Crippen LogP contribution in [0.15, 0.2) is 60.3 Å². The first-order chi connectivity index (χ1) is 12.0. The normalized spacial score (nSPS) is 10.8.